The lowest BCUT2D eigenvalue weighted by atomic mass is 9.94. The molecule has 5 rings (SSSR count). The second-order valence-corrected chi connectivity index (χ2v) is 11.5. The number of urea groups is 1. The van der Waals surface area contributed by atoms with Crippen LogP contribution in [0.25, 0.3) is 0 Å². The molecule has 0 aromatic heterocycles. The molecule has 38 heavy (non-hydrogen) atoms. The molecule has 204 valence electrons. The summed E-state index contributed by atoms with van der Waals surface area (Å²) >= 11 is 12.3. The normalized spacial score (nSPS) is 26.0. The maximum absolute atomic E-state index is 13.6. The average Bonchev–Trinajstić information content (AvgIpc) is 2.93. The summed E-state index contributed by atoms with van der Waals surface area (Å²) in [7, 11) is 0. The number of benzene rings is 2. The van der Waals surface area contributed by atoms with Gasteiger partial charge < -0.3 is 25.5 Å². The zero-order chi connectivity index (χ0) is 26.7. The van der Waals surface area contributed by atoms with Crippen LogP contribution in [-0.2, 0) is 10.5 Å². The van der Waals surface area contributed by atoms with E-state index in [0.717, 1.165) is 23.9 Å². The van der Waals surface area contributed by atoms with Crippen molar-refractivity contribution in [2.75, 3.05) is 49.5 Å². The third kappa shape index (κ3) is 5.51. The Bertz CT molecular complexity index is 1170. The summed E-state index contributed by atoms with van der Waals surface area (Å²) in [6, 6.07) is 11.5. The summed E-state index contributed by atoms with van der Waals surface area (Å²) in [6.07, 6.45) is 7.43. The topological polar surface area (TPSA) is 90.5 Å². The number of halogens is 2. The lowest BCUT2D eigenvalue weighted by Gasteiger charge is -2.42. The lowest BCUT2D eigenvalue weighted by molar-refractivity contribution is -0.960. The molecule has 10 heteroatoms. The van der Waals surface area contributed by atoms with Crippen molar-refractivity contribution in [2.24, 2.45) is 0 Å². The van der Waals surface area contributed by atoms with Gasteiger partial charge in [0.2, 0.25) is 0 Å². The number of fused-ring (bicyclic) bond motifs is 1. The van der Waals surface area contributed by atoms with Gasteiger partial charge in [0.05, 0.1) is 60.2 Å². The quantitative estimate of drug-likeness (QED) is 0.334. The molecule has 8 nitrogen and oxygen atoms in total. The van der Waals surface area contributed by atoms with E-state index in [1.165, 1.54) is 70.4 Å². The van der Waals surface area contributed by atoms with E-state index in [-0.39, 0.29) is 16.3 Å². The standard InChI is InChI=1S/C28H35Cl2N5O3/c29-23-10-9-21(19-24(23)30)35-27(37)32-25-8-3-2-7-22(25)28(35,38)26(36)31-13-6-14-33-17-11-20(12-18-33)34-15-4-1-5-16-34/h2-3,7-10,19-20,38H,1,4-6,11-18H2,(H,31,36)(H,32,37)/p+2. The number of hydrogen-bond donors (Lipinski definition) is 5. The number of likely N-dealkylation sites (tertiary alicyclic amines) is 2. The second kappa shape index (κ2) is 11.8. The van der Waals surface area contributed by atoms with Gasteiger partial charge in [-0.25, -0.2) is 4.79 Å². The van der Waals surface area contributed by atoms with Crippen molar-refractivity contribution in [3.8, 4) is 0 Å². The Balaban J connectivity index is 1.23. The van der Waals surface area contributed by atoms with Crippen LogP contribution in [0.3, 0.4) is 0 Å². The van der Waals surface area contributed by atoms with Gasteiger partial charge in [0, 0.05) is 31.4 Å². The smallest absolute Gasteiger partial charge is 0.329 e. The molecule has 0 saturated carbocycles. The summed E-state index contributed by atoms with van der Waals surface area (Å²) in [5, 5.41) is 18.1. The van der Waals surface area contributed by atoms with Crippen molar-refractivity contribution in [3.63, 3.8) is 0 Å². The number of aliphatic hydroxyl groups is 1. The van der Waals surface area contributed by atoms with Crippen molar-refractivity contribution in [3.05, 3.63) is 58.1 Å². The van der Waals surface area contributed by atoms with Crippen molar-refractivity contribution in [1.29, 1.82) is 0 Å². The van der Waals surface area contributed by atoms with Crippen LogP contribution in [0, 0.1) is 0 Å². The highest BCUT2D eigenvalue weighted by molar-refractivity contribution is 6.42. The van der Waals surface area contributed by atoms with Gasteiger partial charge in [-0.3, -0.25) is 9.69 Å². The summed E-state index contributed by atoms with van der Waals surface area (Å²) in [5.41, 5.74) is -1.32. The molecular weight excluding hydrogens is 525 g/mol. The summed E-state index contributed by atoms with van der Waals surface area (Å²) in [6.45, 7) is 6.37. The summed E-state index contributed by atoms with van der Waals surface area (Å²) < 4.78 is 0. The minimum Gasteiger partial charge on any atom is -0.359 e. The monoisotopic (exact) mass is 561 g/mol. The first-order chi connectivity index (χ1) is 18.4. The van der Waals surface area contributed by atoms with E-state index in [9.17, 15) is 14.7 Å². The molecule has 0 bridgehead atoms. The van der Waals surface area contributed by atoms with Crippen LogP contribution < -0.4 is 25.3 Å². The van der Waals surface area contributed by atoms with Gasteiger partial charge in [0.1, 0.15) is 0 Å². The Kier molecular flexibility index (Phi) is 8.45. The number of rotatable bonds is 7. The number of piperidine rings is 2. The van der Waals surface area contributed by atoms with E-state index in [1.54, 1.807) is 40.1 Å². The van der Waals surface area contributed by atoms with Crippen molar-refractivity contribution in [2.45, 2.75) is 50.3 Å². The molecular formula is C28H37Cl2N5O3+2. The van der Waals surface area contributed by atoms with E-state index >= 15 is 0 Å². The molecule has 2 saturated heterocycles. The van der Waals surface area contributed by atoms with Crippen LogP contribution in [0.15, 0.2) is 42.5 Å². The number of hydrogen-bond acceptors (Lipinski definition) is 3. The van der Waals surface area contributed by atoms with Gasteiger partial charge in [-0.05, 0) is 43.5 Å². The molecule has 2 aromatic rings. The third-order valence-corrected chi connectivity index (χ3v) is 9.05. The molecule has 2 aromatic carbocycles. The Morgan fingerprint density at radius 2 is 1.79 bits per heavy atom. The maximum atomic E-state index is 13.6. The number of carbonyl (C=O) groups excluding carboxylic acids is 2. The fraction of sp³-hybridized carbons (Fsp3) is 0.500. The molecule has 0 spiro atoms. The Morgan fingerprint density at radius 3 is 2.53 bits per heavy atom. The minimum absolute atomic E-state index is 0.215. The second-order valence-electron chi connectivity index (χ2n) is 10.7. The first-order valence-corrected chi connectivity index (χ1v) is 14.5. The Morgan fingerprint density at radius 1 is 1.05 bits per heavy atom. The number of nitrogens with zero attached hydrogens (tertiary/aromatic N) is 1. The van der Waals surface area contributed by atoms with Crippen LogP contribution in [-0.4, -0.2) is 62.4 Å². The molecule has 2 fully saturated rings. The van der Waals surface area contributed by atoms with Gasteiger partial charge in [0.15, 0.2) is 0 Å². The van der Waals surface area contributed by atoms with E-state index in [4.69, 9.17) is 23.2 Å². The fourth-order valence-electron chi connectivity index (χ4n) is 6.25. The molecule has 3 aliphatic heterocycles. The number of carbonyl (C=O) groups is 2. The number of nitrogens with one attached hydrogen (secondary N) is 4. The van der Waals surface area contributed by atoms with E-state index in [1.807, 2.05) is 0 Å². The summed E-state index contributed by atoms with van der Waals surface area (Å²) in [4.78, 5) is 31.1. The molecule has 5 N–H and O–H groups in total. The Hall–Kier alpha value is -2.36. The van der Waals surface area contributed by atoms with Crippen LogP contribution in [0.5, 0.6) is 0 Å². The first kappa shape index (κ1) is 27.2. The molecule has 3 aliphatic rings. The molecule has 0 radical (unpaired) electrons. The van der Waals surface area contributed by atoms with Crippen LogP contribution in [0.4, 0.5) is 16.2 Å². The average molecular weight is 563 g/mol. The molecule has 1 unspecified atom stereocenters. The minimum atomic E-state index is -2.25. The molecule has 1 atom stereocenters. The third-order valence-electron chi connectivity index (χ3n) is 8.31. The van der Waals surface area contributed by atoms with Gasteiger partial charge in [0.25, 0.3) is 11.6 Å². The van der Waals surface area contributed by atoms with E-state index in [0.29, 0.717) is 17.3 Å². The number of quaternary nitrogens is 2. The zero-order valence-corrected chi connectivity index (χ0v) is 23.1. The Labute approximate surface area is 233 Å². The first-order valence-electron chi connectivity index (χ1n) is 13.7. The van der Waals surface area contributed by atoms with Gasteiger partial charge >= 0.3 is 6.03 Å². The highest BCUT2D eigenvalue weighted by Crippen LogP contribution is 2.41. The predicted molar refractivity (Wildman–Crippen MR) is 149 cm³/mol. The SMILES string of the molecule is O=C1Nc2ccccc2C(O)(C(=O)NCCC[NH+]2CCC([NH+]3CCCCC3)CC2)N1c1ccc(Cl)c(Cl)c1. The van der Waals surface area contributed by atoms with E-state index < -0.39 is 17.7 Å². The van der Waals surface area contributed by atoms with Crippen LogP contribution in [0.2, 0.25) is 10.0 Å². The number of anilines is 2. The molecule has 3 heterocycles. The largest absolute Gasteiger partial charge is 0.359 e. The van der Waals surface area contributed by atoms with Crippen LogP contribution >= 0.6 is 23.2 Å². The number of para-hydroxylation sites is 1. The molecule has 0 aliphatic carbocycles. The lowest BCUT2D eigenvalue weighted by Crippen LogP contribution is -3.21. The fourth-order valence-corrected chi connectivity index (χ4v) is 6.54. The van der Waals surface area contributed by atoms with Crippen LogP contribution in [0.1, 0.15) is 44.1 Å². The highest BCUT2D eigenvalue weighted by Gasteiger charge is 2.52. The van der Waals surface area contributed by atoms with E-state index in [2.05, 4.69) is 10.6 Å². The maximum Gasteiger partial charge on any atom is 0.329 e. The van der Waals surface area contributed by atoms with Gasteiger partial charge in [-0.2, -0.15) is 0 Å². The predicted octanol–water partition coefficient (Wildman–Crippen LogP) is 1.81. The van der Waals surface area contributed by atoms with Gasteiger partial charge in [-0.1, -0.05) is 41.4 Å². The van der Waals surface area contributed by atoms with Crippen molar-refractivity contribution in [1.82, 2.24) is 5.32 Å². The van der Waals surface area contributed by atoms with Crippen molar-refractivity contribution >= 4 is 46.5 Å². The number of amides is 3. The highest BCUT2D eigenvalue weighted by atomic mass is 35.5. The van der Waals surface area contributed by atoms with Crippen molar-refractivity contribution < 1.29 is 24.5 Å². The van der Waals surface area contributed by atoms with Gasteiger partial charge in [-0.15, -0.1) is 0 Å². The molecule has 3 amide bonds. The summed E-state index contributed by atoms with van der Waals surface area (Å²) in [5.74, 6) is -0.659. The zero-order valence-electron chi connectivity index (χ0n) is 21.6.